The minimum absolute atomic E-state index is 0.000718. The minimum Gasteiger partial charge on any atom is -0.384 e. The van der Waals surface area contributed by atoms with Crippen LogP contribution in [-0.2, 0) is 6.18 Å². The molecule has 0 heterocycles. The number of hydrogen-bond acceptors (Lipinski definition) is 2. The van der Waals surface area contributed by atoms with E-state index in [1.54, 1.807) is 0 Å². The first-order valence-corrected chi connectivity index (χ1v) is 5.57. The summed E-state index contributed by atoms with van der Waals surface area (Å²) in [6.07, 6.45) is -3.64. The second-order valence-corrected chi connectivity index (χ2v) is 3.76. The molecule has 1 amide bonds. The van der Waals surface area contributed by atoms with Crippen LogP contribution in [-0.4, -0.2) is 19.5 Å². The van der Waals surface area contributed by atoms with Crippen molar-refractivity contribution in [3.05, 3.63) is 29.3 Å². The summed E-state index contributed by atoms with van der Waals surface area (Å²) in [6, 6.07) is 3.10. The highest BCUT2D eigenvalue weighted by atomic mass is 19.4. The quantitative estimate of drug-likeness (QED) is 0.874. The number of amides is 1. The van der Waals surface area contributed by atoms with Gasteiger partial charge in [-0.25, -0.2) is 0 Å². The maximum absolute atomic E-state index is 12.6. The molecule has 100 valence electrons. The molecule has 0 saturated carbocycles. The normalized spacial score (nSPS) is 11.2. The van der Waals surface area contributed by atoms with E-state index in [4.69, 9.17) is 0 Å². The van der Waals surface area contributed by atoms with Crippen molar-refractivity contribution in [3.63, 3.8) is 0 Å². The predicted octanol–water partition coefficient (Wildman–Crippen LogP) is 2.89. The van der Waals surface area contributed by atoms with Gasteiger partial charge < -0.3 is 10.6 Å². The first kappa shape index (κ1) is 14.3. The zero-order valence-corrected chi connectivity index (χ0v) is 10.2. The fraction of sp³-hybridized carbons (Fsp3) is 0.417. The van der Waals surface area contributed by atoms with E-state index in [0.717, 1.165) is 18.6 Å². The van der Waals surface area contributed by atoms with Crippen molar-refractivity contribution in [3.8, 4) is 0 Å². The standard InChI is InChI=1S/C12H15F3N2O/c1-3-6-17-10-5-4-8(12(13,14)15)7-9(10)11(18)16-2/h4-5,7,17H,3,6H2,1-2H3,(H,16,18). The molecule has 0 atom stereocenters. The number of carbonyl (C=O) groups is 1. The Bertz CT molecular complexity index is 430. The molecule has 6 heteroatoms. The van der Waals surface area contributed by atoms with Crippen molar-refractivity contribution in [1.82, 2.24) is 5.32 Å². The molecule has 0 fully saturated rings. The Hall–Kier alpha value is -1.72. The molecule has 0 unspecified atom stereocenters. The molecule has 0 aliphatic heterocycles. The van der Waals surface area contributed by atoms with E-state index in [-0.39, 0.29) is 5.56 Å². The summed E-state index contributed by atoms with van der Waals surface area (Å²) >= 11 is 0. The molecule has 1 rings (SSSR count). The van der Waals surface area contributed by atoms with E-state index in [1.165, 1.54) is 13.1 Å². The van der Waals surface area contributed by atoms with Crippen LogP contribution in [0.15, 0.2) is 18.2 Å². The van der Waals surface area contributed by atoms with Gasteiger partial charge in [-0.1, -0.05) is 6.92 Å². The fourth-order valence-electron chi connectivity index (χ4n) is 1.46. The second kappa shape index (κ2) is 5.75. The van der Waals surface area contributed by atoms with Crippen LogP contribution in [0.2, 0.25) is 0 Å². The summed E-state index contributed by atoms with van der Waals surface area (Å²) in [6.45, 7) is 2.52. The highest BCUT2D eigenvalue weighted by Gasteiger charge is 2.31. The Morgan fingerprint density at radius 3 is 2.50 bits per heavy atom. The second-order valence-electron chi connectivity index (χ2n) is 3.76. The third-order valence-electron chi connectivity index (χ3n) is 2.38. The first-order chi connectivity index (χ1) is 8.40. The molecule has 1 aromatic rings. The summed E-state index contributed by atoms with van der Waals surface area (Å²) in [5.74, 6) is -0.542. The van der Waals surface area contributed by atoms with Gasteiger partial charge in [-0.15, -0.1) is 0 Å². The lowest BCUT2D eigenvalue weighted by atomic mass is 10.1. The lowest BCUT2D eigenvalue weighted by Crippen LogP contribution is -2.21. The monoisotopic (exact) mass is 260 g/mol. The van der Waals surface area contributed by atoms with Crippen molar-refractivity contribution < 1.29 is 18.0 Å². The third kappa shape index (κ3) is 3.38. The molecule has 0 radical (unpaired) electrons. The zero-order chi connectivity index (χ0) is 13.8. The minimum atomic E-state index is -4.45. The zero-order valence-electron chi connectivity index (χ0n) is 10.2. The predicted molar refractivity (Wildman–Crippen MR) is 63.6 cm³/mol. The highest BCUT2D eigenvalue weighted by molar-refractivity contribution is 5.99. The van der Waals surface area contributed by atoms with Gasteiger partial charge in [0.25, 0.3) is 5.91 Å². The van der Waals surface area contributed by atoms with Crippen molar-refractivity contribution in [1.29, 1.82) is 0 Å². The lowest BCUT2D eigenvalue weighted by molar-refractivity contribution is -0.137. The average Bonchev–Trinajstić information content (AvgIpc) is 2.34. The summed E-state index contributed by atoms with van der Waals surface area (Å²) in [7, 11) is 1.38. The molecule has 0 saturated heterocycles. The topological polar surface area (TPSA) is 41.1 Å². The Morgan fingerprint density at radius 2 is 2.00 bits per heavy atom. The molecular weight excluding hydrogens is 245 g/mol. The number of hydrogen-bond donors (Lipinski definition) is 2. The van der Waals surface area contributed by atoms with Crippen LogP contribution in [0, 0.1) is 0 Å². The fourth-order valence-corrected chi connectivity index (χ4v) is 1.46. The van der Waals surface area contributed by atoms with Crippen LogP contribution < -0.4 is 10.6 Å². The molecule has 2 N–H and O–H groups in total. The summed E-state index contributed by atoms with van der Waals surface area (Å²) in [5.41, 5.74) is -0.423. The lowest BCUT2D eigenvalue weighted by Gasteiger charge is -2.13. The van der Waals surface area contributed by atoms with Gasteiger partial charge in [0.2, 0.25) is 0 Å². The van der Waals surface area contributed by atoms with E-state index in [1.807, 2.05) is 6.92 Å². The van der Waals surface area contributed by atoms with Gasteiger partial charge >= 0.3 is 6.18 Å². The largest absolute Gasteiger partial charge is 0.416 e. The van der Waals surface area contributed by atoms with Crippen LogP contribution in [0.1, 0.15) is 29.3 Å². The molecular formula is C12H15F3N2O. The van der Waals surface area contributed by atoms with Crippen LogP contribution in [0.25, 0.3) is 0 Å². The smallest absolute Gasteiger partial charge is 0.384 e. The number of alkyl halides is 3. The Morgan fingerprint density at radius 1 is 1.33 bits per heavy atom. The molecule has 0 aliphatic carbocycles. The maximum Gasteiger partial charge on any atom is 0.416 e. The molecule has 0 aromatic heterocycles. The number of nitrogens with one attached hydrogen (secondary N) is 2. The summed E-state index contributed by atoms with van der Waals surface area (Å²) < 4.78 is 37.7. The third-order valence-corrected chi connectivity index (χ3v) is 2.38. The van der Waals surface area contributed by atoms with Crippen molar-refractivity contribution in [2.24, 2.45) is 0 Å². The number of benzene rings is 1. The average molecular weight is 260 g/mol. The Balaban J connectivity index is 3.16. The SMILES string of the molecule is CCCNc1ccc(C(F)(F)F)cc1C(=O)NC. The van der Waals surface area contributed by atoms with Crippen molar-refractivity contribution >= 4 is 11.6 Å². The van der Waals surface area contributed by atoms with Crippen LogP contribution in [0.4, 0.5) is 18.9 Å². The number of halogens is 3. The van der Waals surface area contributed by atoms with Crippen molar-refractivity contribution in [2.45, 2.75) is 19.5 Å². The van der Waals surface area contributed by atoms with Gasteiger partial charge in [0.15, 0.2) is 0 Å². The van der Waals surface area contributed by atoms with E-state index < -0.39 is 17.6 Å². The van der Waals surface area contributed by atoms with Gasteiger partial charge in [-0.2, -0.15) is 13.2 Å². The van der Waals surface area contributed by atoms with Crippen LogP contribution in [0.5, 0.6) is 0 Å². The molecule has 18 heavy (non-hydrogen) atoms. The summed E-state index contributed by atoms with van der Waals surface area (Å²) in [5, 5.41) is 5.26. The van der Waals surface area contributed by atoms with Gasteiger partial charge in [0, 0.05) is 19.3 Å². The molecule has 0 spiro atoms. The number of carbonyl (C=O) groups excluding carboxylic acids is 1. The van der Waals surface area contributed by atoms with E-state index in [0.29, 0.717) is 12.2 Å². The van der Waals surface area contributed by atoms with Gasteiger partial charge in [0.1, 0.15) is 0 Å². The van der Waals surface area contributed by atoms with Crippen LogP contribution >= 0.6 is 0 Å². The summed E-state index contributed by atoms with van der Waals surface area (Å²) in [4.78, 5) is 11.6. The van der Waals surface area contributed by atoms with E-state index in [9.17, 15) is 18.0 Å². The van der Waals surface area contributed by atoms with Gasteiger partial charge in [0.05, 0.1) is 11.1 Å². The van der Waals surface area contributed by atoms with Gasteiger partial charge in [-0.05, 0) is 24.6 Å². The highest BCUT2D eigenvalue weighted by Crippen LogP contribution is 2.31. The Kier molecular flexibility index (Phi) is 4.58. The molecule has 0 bridgehead atoms. The van der Waals surface area contributed by atoms with E-state index >= 15 is 0 Å². The van der Waals surface area contributed by atoms with Crippen LogP contribution in [0.3, 0.4) is 0 Å². The van der Waals surface area contributed by atoms with Gasteiger partial charge in [-0.3, -0.25) is 4.79 Å². The molecule has 1 aromatic carbocycles. The van der Waals surface area contributed by atoms with E-state index in [2.05, 4.69) is 10.6 Å². The number of anilines is 1. The first-order valence-electron chi connectivity index (χ1n) is 5.57. The molecule has 0 aliphatic rings. The maximum atomic E-state index is 12.6. The molecule has 3 nitrogen and oxygen atoms in total. The Labute approximate surface area is 103 Å². The van der Waals surface area contributed by atoms with Crippen molar-refractivity contribution in [2.75, 3.05) is 18.9 Å². The number of rotatable bonds is 4.